The summed E-state index contributed by atoms with van der Waals surface area (Å²) >= 11 is 0. The van der Waals surface area contributed by atoms with Crippen molar-refractivity contribution in [2.45, 2.75) is 0 Å². The lowest BCUT2D eigenvalue weighted by atomic mass is 9.83. The molecule has 0 saturated carbocycles. The fraction of sp³-hybridized carbons (Fsp3) is 0. The summed E-state index contributed by atoms with van der Waals surface area (Å²) in [6.07, 6.45) is 0. The van der Waals surface area contributed by atoms with Crippen LogP contribution in [0.15, 0.2) is 335 Å². The Labute approximate surface area is 584 Å². The molecule has 16 aromatic carbocycles. The predicted octanol–water partition coefficient (Wildman–Crippen LogP) is 24.6. The number of benzene rings is 16. The summed E-state index contributed by atoms with van der Waals surface area (Å²) in [4.78, 5) is 0. The van der Waals surface area contributed by atoms with Gasteiger partial charge in [-0.25, -0.2) is 0 Å². The second kappa shape index (κ2) is 21.2. The predicted molar refractivity (Wildman–Crippen MR) is 373 cm³/mol. The van der Waals surface area contributed by atoms with E-state index in [2.05, 4.69) is 0 Å². The van der Waals surface area contributed by atoms with E-state index in [1.54, 1.807) is 0 Å². The van der Waals surface area contributed by atoms with Crippen molar-refractivity contribution in [3.8, 4) is 77.9 Å². The van der Waals surface area contributed by atoms with E-state index in [0.29, 0.717) is 0 Å². The third-order valence-electron chi connectivity index (χ3n) is 14.1. The number of fused-ring (bicyclic) bond motifs is 11. The molecule has 2 aromatic heterocycles. The summed E-state index contributed by atoms with van der Waals surface area (Å²) in [6.45, 7) is 0. The lowest BCUT2D eigenvalue weighted by molar-refractivity contribution is 0.668. The van der Waals surface area contributed by atoms with E-state index < -0.39 is 502 Å². The third-order valence-corrected chi connectivity index (χ3v) is 14.1. The second-order valence-corrected chi connectivity index (χ2v) is 18.8. The number of para-hydroxylation sites is 2. The highest BCUT2D eigenvalue weighted by Gasteiger charge is 2.23. The van der Waals surface area contributed by atoms with Gasteiger partial charge in [0.1, 0.15) is 22.3 Å². The van der Waals surface area contributed by atoms with E-state index in [9.17, 15) is 24.7 Å². The van der Waals surface area contributed by atoms with Crippen LogP contribution in [0.2, 0.25) is 0 Å². The lowest BCUT2D eigenvalue weighted by Crippen LogP contribution is -1.92. The number of furan rings is 2. The molecule has 0 aliphatic carbocycles. The van der Waals surface area contributed by atoms with Gasteiger partial charge in [0, 0.05) is 21.5 Å². The van der Waals surface area contributed by atoms with Gasteiger partial charge >= 0.3 is 0 Å². The SMILES string of the molecule is [2H]c1c([2H])c([2H])c(-c2c([2H])c([2H])c(-c3c4c([2H])c([2H])c([2H])c([2H])c4c(-c4c([2H])c([2H])c([2H])c5oc6c([2H])c([2H])c([2H])c([2H])c6c45)c4c([2H])c([2H])c([2H])c([2H])c34)c3c([2H])c([2H])c([2H])c([2H])c23)c([2H])c1[2H].[2H]c1c([2H])c([2H])c(-c2c([2H])c([2H])c(-c3c4c([2H])c([2H])c([2H])c([2H])c4c(-c4c([2H])c([2H])c5oc6c([2H])c([2H])c([2H])c([2H])c6c5c4[2H])c4c([2H])c([2H])c([2H])c([2H])c34)c([2H])c2-c2c([2H])c([2H])c([2H])c([2H])c2[2H])c([2H])c1[2H]. The average molecular weight is 1170 g/mol. The summed E-state index contributed by atoms with van der Waals surface area (Å²) in [7, 11) is 0. The Bertz CT molecular complexity index is 8880. The van der Waals surface area contributed by atoms with E-state index in [1.807, 2.05) is 0 Å². The average Bonchev–Trinajstić information content (AvgIpc) is 1.07. The zero-order valence-corrected chi connectivity index (χ0v) is 43.8. The Morgan fingerprint density at radius 1 is 0.170 bits per heavy atom. The Morgan fingerprint density at radius 2 is 0.511 bits per heavy atom. The standard InChI is InChI=1S/C44H28O.C42H26O/c1-3-13-29(14-4-1)33-25-23-31(27-39(33)30-15-5-2-6-16-30)43-35-18-7-9-20-37(35)44(38-21-10-8-19-36(38)43)32-24-26-42-40(28-32)34-17-11-12-22-41(34)45-42;1-2-13-27(14-3-1)28-25-26-35(30-16-5-4-15-29(28)30)40-31-17-6-8-19-33(31)41(34-20-9-7-18-32(34)40)37-22-12-24-39-42(37)36-21-10-11-23-38(36)43-39/h1-28H;1-26H/i1D,2D,3D,4D,5D,6D,7D,8D,9D,10D,11D,12D,13D,14D,15D,16D,17D,18D,19D,20D,21D,22D,23D,24D,25D,26D,27D,28D;1D,2D,3D,4D,5D,6D,7D,8D,9D,10D,11D,12D,13D,14D,15D,16D,17D,18D,19D,20D,21D,22D,23D,24D,25D,26D. The monoisotopic (exact) mass is 1170 g/mol. The first-order valence-electron chi connectivity index (χ1n) is 52.8. The van der Waals surface area contributed by atoms with Crippen LogP contribution in [0.25, 0.3) is 176 Å². The molecule has 2 heterocycles. The smallest absolute Gasteiger partial charge is 0.136 e. The van der Waals surface area contributed by atoms with Crippen molar-refractivity contribution in [2.75, 3.05) is 0 Å². The van der Waals surface area contributed by atoms with Crippen molar-refractivity contribution in [3.63, 3.8) is 0 Å². The molecule has 0 atom stereocenters. The van der Waals surface area contributed by atoms with Crippen molar-refractivity contribution >= 4 is 97.7 Å². The first-order valence-corrected chi connectivity index (χ1v) is 25.8. The summed E-state index contributed by atoms with van der Waals surface area (Å²) < 4.78 is 495. The van der Waals surface area contributed by atoms with Crippen molar-refractivity contribution in [1.29, 1.82) is 0 Å². The molecule has 0 unspecified atom stereocenters. The lowest BCUT2D eigenvalue weighted by Gasteiger charge is -2.20. The van der Waals surface area contributed by atoms with Crippen LogP contribution in [-0.2, 0) is 0 Å². The zero-order valence-electron chi connectivity index (χ0n) is 97.8. The van der Waals surface area contributed by atoms with Gasteiger partial charge in [-0.05, 0) is 168 Å². The van der Waals surface area contributed by atoms with Gasteiger partial charge in [-0.2, -0.15) is 0 Å². The van der Waals surface area contributed by atoms with E-state index in [1.165, 1.54) is 0 Å². The maximum Gasteiger partial charge on any atom is 0.136 e. The first kappa shape index (κ1) is 20.3. The topological polar surface area (TPSA) is 26.3 Å². The molecule has 410 valence electrons. The van der Waals surface area contributed by atoms with E-state index in [4.69, 9.17) is 58.2 Å². The minimum atomic E-state index is -1.17. The van der Waals surface area contributed by atoms with Gasteiger partial charge in [-0.3, -0.25) is 0 Å². The molecule has 18 rings (SSSR count). The van der Waals surface area contributed by atoms with Crippen molar-refractivity contribution in [1.82, 2.24) is 0 Å². The number of hydrogen-bond acceptors (Lipinski definition) is 2. The molecule has 0 bridgehead atoms. The van der Waals surface area contributed by atoms with Crippen molar-refractivity contribution in [2.24, 2.45) is 0 Å². The van der Waals surface area contributed by atoms with Crippen LogP contribution in [0.1, 0.15) is 74.0 Å². The zero-order chi connectivity index (χ0) is 105. The van der Waals surface area contributed by atoms with Gasteiger partial charge in [-0.1, -0.05) is 290 Å². The van der Waals surface area contributed by atoms with Crippen LogP contribution >= 0.6 is 0 Å². The Hall–Kier alpha value is -11.6. The first-order chi connectivity index (χ1) is 66.1. The molecular weight excluding hydrogens is 1060 g/mol. The molecule has 18 aromatic rings. The van der Waals surface area contributed by atoms with Crippen LogP contribution in [0.4, 0.5) is 0 Å². The van der Waals surface area contributed by atoms with Gasteiger partial charge in [0.25, 0.3) is 0 Å². The quantitative estimate of drug-likeness (QED) is 0.149. The van der Waals surface area contributed by atoms with Crippen LogP contribution in [-0.4, -0.2) is 0 Å². The van der Waals surface area contributed by atoms with E-state index in [-0.39, 0.29) is 0 Å². The largest absolute Gasteiger partial charge is 0.456 e. The molecule has 88 heavy (non-hydrogen) atoms. The molecule has 0 radical (unpaired) electrons. The molecule has 0 spiro atoms. The number of rotatable bonds is 7. The van der Waals surface area contributed by atoms with Crippen LogP contribution in [0, 0.1) is 0 Å². The normalized spacial score (nSPS) is 20.2. The summed E-state index contributed by atoms with van der Waals surface area (Å²) in [6, 6.07) is -51.9. The van der Waals surface area contributed by atoms with E-state index >= 15 is 0 Å². The molecule has 0 fully saturated rings. The highest BCUT2D eigenvalue weighted by Crippen LogP contribution is 2.50. The van der Waals surface area contributed by atoms with Gasteiger partial charge in [0.05, 0.1) is 74.0 Å². The molecular formula is C86H54O2. The van der Waals surface area contributed by atoms with Crippen LogP contribution in [0.3, 0.4) is 0 Å². The fourth-order valence-electron chi connectivity index (χ4n) is 10.6. The number of hydrogen-bond donors (Lipinski definition) is 0. The van der Waals surface area contributed by atoms with Gasteiger partial charge in [0.15, 0.2) is 0 Å². The Balaban J connectivity index is 0.000000196. The minimum absolute atomic E-state index is 0.449. The second-order valence-electron chi connectivity index (χ2n) is 18.8. The molecule has 2 heteroatoms. The Kier molecular flexibility index (Phi) is 4.88. The summed E-state index contributed by atoms with van der Waals surface area (Å²) in [5.41, 5.74) is -13.6. The fourth-order valence-corrected chi connectivity index (χ4v) is 10.6. The Morgan fingerprint density at radius 3 is 1.06 bits per heavy atom. The molecule has 0 N–H and O–H groups in total. The van der Waals surface area contributed by atoms with Gasteiger partial charge < -0.3 is 8.83 Å². The van der Waals surface area contributed by atoms with E-state index in [0.717, 1.165) is 0 Å². The van der Waals surface area contributed by atoms with Gasteiger partial charge in [0.2, 0.25) is 0 Å². The van der Waals surface area contributed by atoms with Crippen LogP contribution in [0.5, 0.6) is 0 Å². The molecule has 0 saturated heterocycles. The highest BCUT2D eigenvalue weighted by atomic mass is 16.3. The highest BCUT2D eigenvalue weighted by molar-refractivity contribution is 6.28. The maximum absolute atomic E-state index is 10.0. The third kappa shape index (κ3) is 8.41. The van der Waals surface area contributed by atoms with Gasteiger partial charge in [-0.15, -0.1) is 0 Å². The summed E-state index contributed by atoms with van der Waals surface area (Å²) in [5, 5.41) is -9.48. The van der Waals surface area contributed by atoms with Crippen molar-refractivity contribution < 1.29 is 82.9 Å². The molecule has 2 nitrogen and oxygen atoms in total. The maximum atomic E-state index is 10.0. The van der Waals surface area contributed by atoms with Crippen molar-refractivity contribution in [3.05, 3.63) is 326 Å². The minimum Gasteiger partial charge on any atom is -0.456 e. The summed E-state index contributed by atoms with van der Waals surface area (Å²) in [5.74, 6) is 0. The molecule has 0 amide bonds. The molecule has 0 aliphatic heterocycles. The molecule has 0 aliphatic rings. The van der Waals surface area contributed by atoms with Crippen LogP contribution < -0.4 is 0 Å².